The average Bonchev–Trinajstić information content (AvgIpc) is 2.85. The number of methoxy groups -OCH3 is 2. The molecule has 0 aliphatic rings. The molecule has 114 valence electrons. The molecule has 0 aliphatic carbocycles. The maximum Gasteiger partial charge on any atom is 0.214 e. The van der Waals surface area contributed by atoms with Crippen molar-refractivity contribution in [2.45, 2.75) is 19.9 Å². The van der Waals surface area contributed by atoms with Crippen LogP contribution in [0.15, 0.2) is 12.1 Å². The van der Waals surface area contributed by atoms with E-state index in [4.69, 9.17) is 33.3 Å². The molecule has 0 fully saturated rings. The number of nitrogens with zero attached hydrogens (tertiary/aromatic N) is 2. The van der Waals surface area contributed by atoms with E-state index in [1.54, 1.807) is 25.0 Å². The minimum Gasteiger partial charge on any atom is -0.493 e. The van der Waals surface area contributed by atoms with Crippen molar-refractivity contribution >= 4 is 23.8 Å². The molecule has 0 radical (unpaired) electrons. The lowest BCUT2D eigenvalue weighted by Crippen LogP contribution is -2.17. The molecule has 21 heavy (non-hydrogen) atoms. The molecule has 0 aliphatic heterocycles. The van der Waals surface area contributed by atoms with Crippen molar-refractivity contribution in [2.24, 2.45) is 0 Å². The van der Waals surface area contributed by atoms with Gasteiger partial charge in [-0.15, -0.1) is 0 Å². The van der Waals surface area contributed by atoms with Gasteiger partial charge in [-0.2, -0.15) is 5.10 Å². The standard InChI is InChI=1S/C13H17ClN4O2S/c1-4-12-16-17-13(21)18(12)15-7-8-5-10(19-2)11(20-3)6-9(8)14/h5-6,15H,4,7H2,1-3H3,(H,17,21). The first kappa shape index (κ1) is 15.7. The zero-order valence-corrected chi connectivity index (χ0v) is 13.6. The Morgan fingerprint density at radius 3 is 2.62 bits per heavy atom. The minimum atomic E-state index is 0.486. The van der Waals surface area contributed by atoms with Crippen molar-refractivity contribution in [1.29, 1.82) is 0 Å². The lowest BCUT2D eigenvalue weighted by molar-refractivity contribution is 0.354. The second-order valence-electron chi connectivity index (χ2n) is 4.27. The molecule has 2 aromatic rings. The summed E-state index contributed by atoms with van der Waals surface area (Å²) in [4.78, 5) is 0. The van der Waals surface area contributed by atoms with E-state index in [0.717, 1.165) is 17.8 Å². The van der Waals surface area contributed by atoms with Crippen molar-refractivity contribution in [3.05, 3.63) is 33.3 Å². The summed E-state index contributed by atoms with van der Waals surface area (Å²) in [5, 5.41) is 7.48. The number of nitrogens with one attached hydrogen (secondary N) is 2. The monoisotopic (exact) mass is 328 g/mol. The van der Waals surface area contributed by atoms with Gasteiger partial charge in [0, 0.05) is 17.5 Å². The highest BCUT2D eigenvalue weighted by molar-refractivity contribution is 7.71. The maximum atomic E-state index is 6.26. The molecule has 0 spiro atoms. The first-order chi connectivity index (χ1) is 10.1. The number of H-pyrrole nitrogens is 1. The van der Waals surface area contributed by atoms with Gasteiger partial charge in [0.2, 0.25) is 4.77 Å². The Balaban J connectivity index is 2.24. The van der Waals surface area contributed by atoms with Crippen molar-refractivity contribution in [2.75, 3.05) is 19.6 Å². The predicted octanol–water partition coefficient (Wildman–Crippen LogP) is 2.92. The van der Waals surface area contributed by atoms with Gasteiger partial charge in [-0.1, -0.05) is 18.5 Å². The second kappa shape index (κ2) is 6.82. The lowest BCUT2D eigenvalue weighted by Gasteiger charge is -2.13. The van der Waals surface area contributed by atoms with Gasteiger partial charge in [-0.3, -0.25) is 5.10 Å². The highest BCUT2D eigenvalue weighted by Gasteiger charge is 2.11. The number of aromatic nitrogens is 3. The van der Waals surface area contributed by atoms with Gasteiger partial charge in [0.05, 0.1) is 20.8 Å². The van der Waals surface area contributed by atoms with Gasteiger partial charge in [0.15, 0.2) is 17.3 Å². The lowest BCUT2D eigenvalue weighted by atomic mass is 10.2. The van der Waals surface area contributed by atoms with E-state index >= 15 is 0 Å². The zero-order valence-electron chi connectivity index (χ0n) is 12.1. The smallest absolute Gasteiger partial charge is 0.214 e. The van der Waals surface area contributed by atoms with Crippen LogP contribution in [0.5, 0.6) is 11.5 Å². The van der Waals surface area contributed by atoms with Crippen LogP contribution in [-0.4, -0.2) is 29.1 Å². The van der Waals surface area contributed by atoms with Crippen LogP contribution < -0.4 is 14.9 Å². The Bertz CT molecular complexity index is 683. The van der Waals surface area contributed by atoms with E-state index in [2.05, 4.69) is 15.6 Å². The summed E-state index contributed by atoms with van der Waals surface area (Å²) in [6.07, 6.45) is 0.764. The van der Waals surface area contributed by atoms with Crippen LogP contribution in [0.4, 0.5) is 0 Å². The summed E-state index contributed by atoms with van der Waals surface area (Å²) in [5.74, 6) is 2.06. The van der Waals surface area contributed by atoms with E-state index in [9.17, 15) is 0 Å². The summed E-state index contributed by atoms with van der Waals surface area (Å²) in [5.41, 5.74) is 4.07. The molecule has 6 nitrogen and oxygen atoms in total. The van der Waals surface area contributed by atoms with Gasteiger partial charge in [-0.05, 0) is 23.8 Å². The molecular formula is C13H17ClN4O2S. The van der Waals surface area contributed by atoms with Crippen LogP contribution in [0.1, 0.15) is 18.3 Å². The van der Waals surface area contributed by atoms with E-state index in [1.165, 1.54) is 0 Å². The van der Waals surface area contributed by atoms with Crippen molar-refractivity contribution < 1.29 is 9.47 Å². The minimum absolute atomic E-state index is 0.486. The molecule has 1 aromatic carbocycles. The summed E-state index contributed by atoms with van der Waals surface area (Å²) in [6.45, 7) is 2.49. The molecule has 1 aromatic heterocycles. The van der Waals surface area contributed by atoms with Crippen LogP contribution >= 0.6 is 23.8 Å². The number of ether oxygens (including phenoxy) is 2. The van der Waals surface area contributed by atoms with Crippen LogP contribution in [0, 0.1) is 4.77 Å². The number of halogens is 1. The molecule has 1 heterocycles. The number of rotatable bonds is 6. The van der Waals surface area contributed by atoms with E-state index in [0.29, 0.717) is 27.8 Å². The van der Waals surface area contributed by atoms with Crippen LogP contribution in [0.2, 0.25) is 5.02 Å². The fraction of sp³-hybridized carbons (Fsp3) is 0.385. The van der Waals surface area contributed by atoms with Crippen molar-refractivity contribution in [1.82, 2.24) is 14.9 Å². The SMILES string of the molecule is CCc1n[nH]c(=S)n1NCc1cc(OC)c(OC)cc1Cl. The highest BCUT2D eigenvalue weighted by atomic mass is 35.5. The third-order valence-corrected chi connectivity index (χ3v) is 3.66. The Morgan fingerprint density at radius 1 is 1.33 bits per heavy atom. The fourth-order valence-corrected chi connectivity index (χ4v) is 2.36. The molecule has 0 saturated heterocycles. The summed E-state index contributed by atoms with van der Waals surface area (Å²) in [7, 11) is 3.16. The Hall–Kier alpha value is -1.73. The number of aromatic amines is 1. The number of benzene rings is 1. The number of aryl methyl sites for hydroxylation is 1. The van der Waals surface area contributed by atoms with Crippen LogP contribution in [0.25, 0.3) is 0 Å². The molecular weight excluding hydrogens is 312 g/mol. The van der Waals surface area contributed by atoms with Crippen LogP contribution in [-0.2, 0) is 13.0 Å². The molecule has 0 atom stereocenters. The van der Waals surface area contributed by atoms with E-state index < -0.39 is 0 Å². The van der Waals surface area contributed by atoms with E-state index in [1.807, 2.05) is 13.0 Å². The largest absolute Gasteiger partial charge is 0.493 e. The number of hydrogen-bond donors (Lipinski definition) is 2. The Morgan fingerprint density at radius 2 is 2.00 bits per heavy atom. The fourth-order valence-electron chi connectivity index (χ4n) is 1.93. The van der Waals surface area contributed by atoms with Crippen molar-refractivity contribution in [3.63, 3.8) is 0 Å². The van der Waals surface area contributed by atoms with Crippen LogP contribution in [0.3, 0.4) is 0 Å². The molecule has 2 N–H and O–H groups in total. The third-order valence-electron chi connectivity index (χ3n) is 3.04. The van der Waals surface area contributed by atoms with E-state index in [-0.39, 0.29) is 0 Å². The summed E-state index contributed by atoms with van der Waals surface area (Å²) < 4.78 is 12.7. The quantitative estimate of drug-likeness (QED) is 0.798. The first-order valence-corrected chi connectivity index (χ1v) is 7.19. The molecule has 0 amide bonds. The molecule has 0 bridgehead atoms. The van der Waals surface area contributed by atoms with Gasteiger partial charge in [0.1, 0.15) is 0 Å². The Kier molecular flexibility index (Phi) is 5.08. The topological polar surface area (TPSA) is 64.1 Å². The average molecular weight is 329 g/mol. The number of hydrogen-bond acceptors (Lipinski definition) is 5. The molecule has 8 heteroatoms. The molecule has 0 unspecified atom stereocenters. The zero-order chi connectivity index (χ0) is 15.4. The second-order valence-corrected chi connectivity index (χ2v) is 5.06. The van der Waals surface area contributed by atoms with Gasteiger partial charge < -0.3 is 14.9 Å². The first-order valence-electron chi connectivity index (χ1n) is 6.41. The van der Waals surface area contributed by atoms with Gasteiger partial charge in [0.25, 0.3) is 0 Å². The van der Waals surface area contributed by atoms with Gasteiger partial charge in [-0.25, -0.2) is 4.68 Å². The molecule has 0 saturated carbocycles. The summed E-state index contributed by atoms with van der Waals surface area (Å²) in [6, 6.07) is 3.57. The third kappa shape index (κ3) is 3.30. The van der Waals surface area contributed by atoms with Crippen molar-refractivity contribution in [3.8, 4) is 11.5 Å². The Labute approximate surface area is 133 Å². The normalized spacial score (nSPS) is 10.5. The predicted molar refractivity (Wildman–Crippen MR) is 84.4 cm³/mol. The highest BCUT2D eigenvalue weighted by Crippen LogP contribution is 2.33. The maximum absolute atomic E-state index is 6.26. The van der Waals surface area contributed by atoms with Gasteiger partial charge >= 0.3 is 0 Å². The molecule has 2 rings (SSSR count). The summed E-state index contributed by atoms with van der Waals surface area (Å²) >= 11 is 11.4.